The summed E-state index contributed by atoms with van der Waals surface area (Å²) in [7, 11) is 0. The fraction of sp³-hybridized carbons (Fsp3) is 0.250. The van der Waals surface area contributed by atoms with Crippen LogP contribution in [0.3, 0.4) is 0 Å². The van der Waals surface area contributed by atoms with Crippen molar-refractivity contribution in [3.8, 4) is 11.1 Å². The number of carbonyl (C=O) groups excluding carboxylic acids is 2. The Kier molecular flexibility index (Phi) is 8.37. The summed E-state index contributed by atoms with van der Waals surface area (Å²) in [5, 5.41) is 10.00. The number of rotatable bonds is 10. The Morgan fingerprint density at radius 3 is 2.03 bits per heavy atom. The van der Waals surface area contributed by atoms with E-state index in [1.807, 2.05) is 0 Å². The summed E-state index contributed by atoms with van der Waals surface area (Å²) in [6, 6.07) is 13.7. The van der Waals surface area contributed by atoms with Gasteiger partial charge in [-0.2, -0.15) is 0 Å². The Morgan fingerprint density at radius 2 is 1.49 bits per heavy atom. The van der Waals surface area contributed by atoms with Crippen molar-refractivity contribution < 1.29 is 32.7 Å². The van der Waals surface area contributed by atoms with Crippen molar-refractivity contribution in [1.29, 1.82) is 0 Å². The maximum atomic E-state index is 13.7. The van der Waals surface area contributed by atoms with Gasteiger partial charge in [0.2, 0.25) is 5.91 Å². The molecular weight excluding hydrogens is 485 g/mol. The average molecular weight is 513 g/mol. The minimum Gasteiger partial charge on any atom is -0.480 e. The molecule has 0 saturated carbocycles. The van der Waals surface area contributed by atoms with Gasteiger partial charge in [-0.25, -0.2) is 18.0 Å². The van der Waals surface area contributed by atoms with E-state index >= 15 is 0 Å². The van der Waals surface area contributed by atoms with Crippen molar-refractivity contribution in [2.75, 3.05) is 0 Å². The number of nitrogens with zero attached hydrogens (tertiary/aromatic N) is 1. The molecular formula is C28H27F3N2O4. The molecule has 0 saturated heterocycles. The van der Waals surface area contributed by atoms with Gasteiger partial charge < -0.3 is 15.7 Å². The lowest BCUT2D eigenvalue weighted by atomic mass is 9.89. The molecule has 194 valence electrons. The van der Waals surface area contributed by atoms with E-state index in [1.165, 1.54) is 35.2 Å². The Bertz CT molecular complexity index is 1290. The van der Waals surface area contributed by atoms with E-state index < -0.39 is 46.8 Å². The van der Waals surface area contributed by atoms with E-state index in [9.17, 15) is 32.7 Å². The number of carbonyl (C=O) groups is 3. The fourth-order valence-electron chi connectivity index (χ4n) is 4.29. The second kappa shape index (κ2) is 11.3. The molecule has 3 rings (SSSR count). The standard InChI is InChI=1S/C28H27F3N2O4/c1-28(2,16-17-3-10-21(29)11-4-17)33(24(27(36)37)13-14-25(32)34)26(35)19-7-5-18(6-8-19)20-9-12-22(30)23(31)15-20/h3-12,15,24H,13-14,16H2,1-2H3,(H2,32,34)(H,36,37)/t24-/m0/s1. The van der Waals surface area contributed by atoms with Crippen LogP contribution in [0.25, 0.3) is 11.1 Å². The molecule has 0 spiro atoms. The fourth-order valence-corrected chi connectivity index (χ4v) is 4.29. The van der Waals surface area contributed by atoms with Gasteiger partial charge in [0.1, 0.15) is 11.9 Å². The average Bonchev–Trinajstić information content (AvgIpc) is 2.84. The smallest absolute Gasteiger partial charge is 0.326 e. The lowest BCUT2D eigenvalue weighted by Crippen LogP contribution is -2.57. The SMILES string of the molecule is CC(C)(Cc1ccc(F)cc1)N(C(=O)c1ccc(-c2ccc(F)c(F)c2)cc1)[C@@H](CCC(N)=O)C(=O)O. The highest BCUT2D eigenvalue weighted by Gasteiger charge is 2.40. The van der Waals surface area contributed by atoms with Crippen LogP contribution in [0.15, 0.2) is 66.7 Å². The summed E-state index contributed by atoms with van der Waals surface area (Å²) in [4.78, 5) is 38.6. The number of carboxylic acid groups (broad SMARTS) is 1. The largest absolute Gasteiger partial charge is 0.480 e. The maximum Gasteiger partial charge on any atom is 0.326 e. The molecule has 0 fully saturated rings. The van der Waals surface area contributed by atoms with Gasteiger partial charge >= 0.3 is 5.97 Å². The molecule has 1 atom stereocenters. The number of halogens is 3. The Morgan fingerprint density at radius 1 is 0.892 bits per heavy atom. The van der Waals surface area contributed by atoms with E-state index in [0.717, 1.165) is 12.1 Å². The summed E-state index contributed by atoms with van der Waals surface area (Å²) in [6.45, 7) is 3.37. The van der Waals surface area contributed by atoms with Gasteiger partial charge in [0.25, 0.3) is 5.91 Å². The van der Waals surface area contributed by atoms with Crippen LogP contribution in [-0.2, 0) is 16.0 Å². The minimum atomic E-state index is -1.37. The first kappa shape index (κ1) is 27.4. The summed E-state index contributed by atoms with van der Waals surface area (Å²) >= 11 is 0. The van der Waals surface area contributed by atoms with Crippen LogP contribution >= 0.6 is 0 Å². The number of carboxylic acids is 1. The number of primary amides is 1. The van der Waals surface area contributed by atoms with Crippen LogP contribution in [0, 0.1) is 17.5 Å². The van der Waals surface area contributed by atoms with Crippen molar-refractivity contribution in [3.63, 3.8) is 0 Å². The van der Waals surface area contributed by atoms with Gasteiger partial charge in [-0.05, 0) is 79.8 Å². The van der Waals surface area contributed by atoms with Crippen LogP contribution in [-0.4, -0.2) is 39.4 Å². The van der Waals surface area contributed by atoms with Gasteiger partial charge in [-0.1, -0.05) is 30.3 Å². The second-order valence-corrected chi connectivity index (χ2v) is 9.36. The zero-order chi connectivity index (χ0) is 27.3. The number of amides is 2. The highest BCUT2D eigenvalue weighted by atomic mass is 19.2. The number of benzene rings is 3. The van der Waals surface area contributed by atoms with E-state index in [-0.39, 0.29) is 24.8 Å². The molecule has 3 aromatic carbocycles. The van der Waals surface area contributed by atoms with Gasteiger partial charge in [-0.3, -0.25) is 9.59 Å². The minimum absolute atomic E-state index is 0.156. The highest BCUT2D eigenvalue weighted by Crippen LogP contribution is 2.29. The zero-order valence-electron chi connectivity index (χ0n) is 20.4. The number of hydrogen-bond donors (Lipinski definition) is 2. The van der Waals surface area contributed by atoms with Gasteiger partial charge in [0.05, 0.1) is 0 Å². The van der Waals surface area contributed by atoms with Crippen LogP contribution in [0.2, 0.25) is 0 Å². The number of aliphatic carboxylic acids is 1. The molecule has 3 aromatic rings. The molecule has 0 heterocycles. The summed E-state index contributed by atoms with van der Waals surface area (Å²) in [5.41, 5.74) is 5.93. The van der Waals surface area contributed by atoms with Crippen LogP contribution in [0.1, 0.15) is 42.6 Å². The number of nitrogens with two attached hydrogens (primary N) is 1. The Hall–Kier alpha value is -4.14. The summed E-state index contributed by atoms with van der Waals surface area (Å²) < 4.78 is 40.4. The van der Waals surface area contributed by atoms with E-state index in [4.69, 9.17) is 5.73 Å². The molecule has 0 radical (unpaired) electrons. The van der Waals surface area contributed by atoms with Crippen molar-refractivity contribution >= 4 is 17.8 Å². The summed E-state index contributed by atoms with van der Waals surface area (Å²) in [6.07, 6.45) is -0.245. The topological polar surface area (TPSA) is 101 Å². The van der Waals surface area contributed by atoms with Crippen LogP contribution < -0.4 is 5.73 Å². The third kappa shape index (κ3) is 6.75. The van der Waals surface area contributed by atoms with Crippen LogP contribution in [0.5, 0.6) is 0 Å². The van der Waals surface area contributed by atoms with E-state index in [0.29, 0.717) is 16.7 Å². The zero-order valence-corrected chi connectivity index (χ0v) is 20.4. The van der Waals surface area contributed by atoms with Gasteiger partial charge in [0.15, 0.2) is 11.6 Å². The molecule has 2 amide bonds. The van der Waals surface area contributed by atoms with Crippen LogP contribution in [0.4, 0.5) is 13.2 Å². The molecule has 0 aliphatic rings. The molecule has 0 aliphatic carbocycles. The molecule has 3 N–H and O–H groups in total. The molecule has 37 heavy (non-hydrogen) atoms. The first-order valence-electron chi connectivity index (χ1n) is 11.5. The first-order valence-corrected chi connectivity index (χ1v) is 11.5. The molecule has 0 unspecified atom stereocenters. The lowest BCUT2D eigenvalue weighted by molar-refractivity contribution is -0.144. The maximum absolute atomic E-state index is 13.7. The van der Waals surface area contributed by atoms with Gasteiger partial charge in [0, 0.05) is 17.5 Å². The molecule has 0 aromatic heterocycles. The Labute approximate surface area is 212 Å². The van der Waals surface area contributed by atoms with Gasteiger partial charge in [-0.15, -0.1) is 0 Å². The molecule has 0 bridgehead atoms. The highest BCUT2D eigenvalue weighted by molar-refractivity contribution is 5.97. The monoisotopic (exact) mass is 512 g/mol. The lowest BCUT2D eigenvalue weighted by Gasteiger charge is -2.42. The quantitative estimate of drug-likeness (QED) is 0.401. The first-order chi connectivity index (χ1) is 17.4. The van der Waals surface area contributed by atoms with E-state index in [1.54, 1.807) is 38.1 Å². The third-order valence-corrected chi connectivity index (χ3v) is 6.07. The van der Waals surface area contributed by atoms with Crippen molar-refractivity contribution in [1.82, 2.24) is 4.90 Å². The van der Waals surface area contributed by atoms with Crippen molar-refractivity contribution in [2.45, 2.75) is 44.7 Å². The number of hydrogen-bond acceptors (Lipinski definition) is 3. The predicted octanol–water partition coefficient (Wildman–Crippen LogP) is 4.95. The molecule has 0 aliphatic heterocycles. The second-order valence-electron chi connectivity index (χ2n) is 9.36. The van der Waals surface area contributed by atoms with Crippen molar-refractivity contribution in [2.24, 2.45) is 5.73 Å². The van der Waals surface area contributed by atoms with E-state index in [2.05, 4.69) is 0 Å². The Balaban J connectivity index is 1.99. The predicted molar refractivity (Wildman–Crippen MR) is 132 cm³/mol. The molecule has 9 heteroatoms. The molecule has 6 nitrogen and oxygen atoms in total. The summed E-state index contributed by atoms with van der Waals surface area (Å²) in [5.74, 6) is -5.04. The third-order valence-electron chi connectivity index (χ3n) is 6.07. The normalized spacial score (nSPS) is 12.1. The van der Waals surface area contributed by atoms with Crippen molar-refractivity contribution in [3.05, 3.63) is 95.3 Å².